The molecule has 0 radical (unpaired) electrons. The van der Waals surface area contributed by atoms with Crippen LogP contribution in [0.3, 0.4) is 0 Å². The third kappa shape index (κ3) is 3.71. The second-order valence-corrected chi connectivity index (χ2v) is 5.83. The number of nitrogens with one attached hydrogen (secondary N) is 1. The van der Waals surface area contributed by atoms with Gasteiger partial charge in [-0.05, 0) is 73.3 Å². The molecule has 0 aliphatic carbocycles. The normalized spacial score (nSPS) is 18.9. The highest BCUT2D eigenvalue weighted by Crippen LogP contribution is 2.10. The first-order valence-corrected chi connectivity index (χ1v) is 6.98. The second kappa shape index (κ2) is 5.98. The highest BCUT2D eigenvalue weighted by Gasteiger charge is 2.15. The smallest absolute Gasteiger partial charge is 0.0208 e. The van der Waals surface area contributed by atoms with E-state index in [4.69, 9.17) is 0 Å². The Balaban J connectivity index is 1.77. The van der Waals surface area contributed by atoms with E-state index in [0.29, 0.717) is 6.04 Å². The summed E-state index contributed by atoms with van der Waals surface area (Å²) < 4.78 is 1.31. The van der Waals surface area contributed by atoms with E-state index >= 15 is 0 Å². The summed E-state index contributed by atoms with van der Waals surface area (Å²) in [6, 6.07) is 9.47. The predicted molar refractivity (Wildman–Crippen MR) is 76.5 cm³/mol. The lowest BCUT2D eigenvalue weighted by Gasteiger charge is -2.29. The SMILES string of the molecule is CN1CCC(NCc2ccc(I)cc2)CC1. The lowest BCUT2D eigenvalue weighted by molar-refractivity contribution is 0.234. The number of rotatable bonds is 3. The van der Waals surface area contributed by atoms with Crippen molar-refractivity contribution < 1.29 is 0 Å². The molecule has 2 rings (SSSR count). The van der Waals surface area contributed by atoms with E-state index in [1.807, 2.05) is 0 Å². The molecule has 0 spiro atoms. The van der Waals surface area contributed by atoms with Gasteiger partial charge in [0.05, 0.1) is 0 Å². The Morgan fingerprint density at radius 3 is 2.50 bits per heavy atom. The van der Waals surface area contributed by atoms with E-state index in [-0.39, 0.29) is 0 Å². The van der Waals surface area contributed by atoms with Crippen molar-refractivity contribution in [3.63, 3.8) is 0 Å². The Morgan fingerprint density at radius 1 is 1.25 bits per heavy atom. The minimum Gasteiger partial charge on any atom is -0.310 e. The summed E-state index contributed by atoms with van der Waals surface area (Å²) in [5.74, 6) is 0. The van der Waals surface area contributed by atoms with Crippen LogP contribution in [0.25, 0.3) is 0 Å². The van der Waals surface area contributed by atoms with E-state index in [1.165, 1.54) is 35.1 Å². The Morgan fingerprint density at radius 2 is 1.88 bits per heavy atom. The highest BCUT2D eigenvalue weighted by molar-refractivity contribution is 14.1. The summed E-state index contributed by atoms with van der Waals surface area (Å²) >= 11 is 2.34. The maximum Gasteiger partial charge on any atom is 0.0208 e. The van der Waals surface area contributed by atoms with Gasteiger partial charge < -0.3 is 10.2 Å². The Kier molecular flexibility index (Phi) is 4.61. The molecule has 1 saturated heterocycles. The van der Waals surface area contributed by atoms with Gasteiger partial charge in [-0.25, -0.2) is 0 Å². The van der Waals surface area contributed by atoms with Crippen molar-refractivity contribution in [2.45, 2.75) is 25.4 Å². The summed E-state index contributed by atoms with van der Waals surface area (Å²) in [5.41, 5.74) is 1.39. The number of halogens is 1. The van der Waals surface area contributed by atoms with Crippen molar-refractivity contribution >= 4 is 22.6 Å². The van der Waals surface area contributed by atoms with Crippen LogP contribution < -0.4 is 5.32 Å². The number of likely N-dealkylation sites (tertiary alicyclic amines) is 1. The van der Waals surface area contributed by atoms with E-state index in [9.17, 15) is 0 Å². The zero-order valence-corrected chi connectivity index (χ0v) is 11.9. The van der Waals surface area contributed by atoms with E-state index < -0.39 is 0 Å². The largest absolute Gasteiger partial charge is 0.310 e. The number of piperidine rings is 1. The molecule has 1 aliphatic rings. The maximum absolute atomic E-state index is 3.65. The van der Waals surface area contributed by atoms with Crippen molar-refractivity contribution in [1.29, 1.82) is 0 Å². The third-order valence-corrected chi connectivity index (χ3v) is 3.95. The quantitative estimate of drug-likeness (QED) is 0.857. The van der Waals surface area contributed by atoms with Gasteiger partial charge in [0.25, 0.3) is 0 Å². The van der Waals surface area contributed by atoms with Crippen molar-refractivity contribution in [3.05, 3.63) is 33.4 Å². The van der Waals surface area contributed by atoms with Crippen LogP contribution in [0.4, 0.5) is 0 Å². The Hall–Kier alpha value is -0.130. The van der Waals surface area contributed by atoms with E-state index in [1.54, 1.807) is 0 Å². The van der Waals surface area contributed by atoms with Gasteiger partial charge in [0.15, 0.2) is 0 Å². The monoisotopic (exact) mass is 330 g/mol. The lowest BCUT2D eigenvalue weighted by atomic mass is 10.1. The molecule has 88 valence electrons. The van der Waals surface area contributed by atoms with Crippen LogP contribution in [-0.2, 0) is 6.54 Å². The van der Waals surface area contributed by atoms with Crippen LogP contribution in [0.15, 0.2) is 24.3 Å². The average molecular weight is 330 g/mol. The summed E-state index contributed by atoms with van der Waals surface area (Å²) in [7, 11) is 2.20. The third-order valence-electron chi connectivity index (χ3n) is 3.23. The fourth-order valence-corrected chi connectivity index (χ4v) is 2.44. The van der Waals surface area contributed by atoms with E-state index in [2.05, 4.69) is 64.1 Å². The first kappa shape index (κ1) is 12.3. The number of hydrogen-bond acceptors (Lipinski definition) is 2. The molecule has 1 aliphatic heterocycles. The fraction of sp³-hybridized carbons (Fsp3) is 0.538. The maximum atomic E-state index is 3.65. The molecule has 0 atom stereocenters. The van der Waals surface area contributed by atoms with Gasteiger partial charge in [0.1, 0.15) is 0 Å². The zero-order chi connectivity index (χ0) is 11.4. The molecule has 1 fully saturated rings. The fourth-order valence-electron chi connectivity index (χ4n) is 2.08. The second-order valence-electron chi connectivity index (χ2n) is 4.58. The Labute approximate surface area is 112 Å². The number of benzene rings is 1. The van der Waals surface area contributed by atoms with Crippen molar-refractivity contribution in [2.75, 3.05) is 20.1 Å². The molecule has 3 heteroatoms. The van der Waals surface area contributed by atoms with Crippen molar-refractivity contribution in [2.24, 2.45) is 0 Å². The molecular weight excluding hydrogens is 311 g/mol. The van der Waals surface area contributed by atoms with Gasteiger partial charge in [-0.1, -0.05) is 12.1 Å². The minimum atomic E-state index is 0.704. The van der Waals surface area contributed by atoms with Crippen LogP contribution in [0.5, 0.6) is 0 Å². The number of nitrogens with zero attached hydrogens (tertiary/aromatic N) is 1. The summed E-state index contributed by atoms with van der Waals surface area (Å²) in [5, 5.41) is 3.65. The molecule has 2 nitrogen and oxygen atoms in total. The van der Waals surface area contributed by atoms with Gasteiger partial charge in [0, 0.05) is 16.2 Å². The van der Waals surface area contributed by atoms with Crippen LogP contribution >= 0.6 is 22.6 Å². The van der Waals surface area contributed by atoms with Crippen LogP contribution in [0.1, 0.15) is 18.4 Å². The van der Waals surface area contributed by atoms with Crippen molar-refractivity contribution in [3.8, 4) is 0 Å². The highest BCUT2D eigenvalue weighted by atomic mass is 127. The van der Waals surface area contributed by atoms with Crippen LogP contribution in [0.2, 0.25) is 0 Å². The molecule has 0 bridgehead atoms. The summed E-state index contributed by atoms with van der Waals surface area (Å²) in [6.07, 6.45) is 2.56. The molecule has 0 amide bonds. The molecule has 1 heterocycles. The molecule has 0 saturated carbocycles. The summed E-state index contributed by atoms with van der Waals surface area (Å²) in [6.45, 7) is 3.46. The van der Waals surface area contributed by atoms with Gasteiger partial charge in [0.2, 0.25) is 0 Å². The minimum absolute atomic E-state index is 0.704. The molecule has 1 aromatic carbocycles. The standard InChI is InChI=1S/C13H19IN2/c1-16-8-6-13(7-9-16)15-10-11-2-4-12(14)5-3-11/h2-5,13,15H,6-10H2,1H3. The van der Waals surface area contributed by atoms with Gasteiger partial charge >= 0.3 is 0 Å². The summed E-state index contributed by atoms with van der Waals surface area (Å²) in [4.78, 5) is 2.41. The van der Waals surface area contributed by atoms with Crippen molar-refractivity contribution in [1.82, 2.24) is 10.2 Å². The topological polar surface area (TPSA) is 15.3 Å². The number of hydrogen-bond donors (Lipinski definition) is 1. The van der Waals surface area contributed by atoms with E-state index in [0.717, 1.165) is 6.54 Å². The lowest BCUT2D eigenvalue weighted by Crippen LogP contribution is -2.40. The average Bonchev–Trinajstić information content (AvgIpc) is 2.30. The van der Waals surface area contributed by atoms with Gasteiger partial charge in [-0.3, -0.25) is 0 Å². The molecule has 0 aromatic heterocycles. The molecule has 1 N–H and O–H groups in total. The zero-order valence-electron chi connectivity index (χ0n) is 9.75. The predicted octanol–water partition coefficient (Wildman–Crippen LogP) is 2.48. The molecule has 1 aromatic rings. The van der Waals surface area contributed by atoms with Gasteiger partial charge in [-0.15, -0.1) is 0 Å². The van der Waals surface area contributed by atoms with Gasteiger partial charge in [-0.2, -0.15) is 0 Å². The first-order valence-electron chi connectivity index (χ1n) is 5.90. The van der Waals surface area contributed by atoms with Crippen LogP contribution in [-0.4, -0.2) is 31.1 Å². The Bertz CT molecular complexity index is 315. The first-order chi connectivity index (χ1) is 7.74. The molecule has 0 unspecified atom stereocenters. The molecule has 16 heavy (non-hydrogen) atoms. The molecular formula is C13H19IN2. The van der Waals surface area contributed by atoms with Crippen LogP contribution in [0, 0.1) is 3.57 Å².